The predicted octanol–water partition coefficient (Wildman–Crippen LogP) is 2.89. The summed E-state index contributed by atoms with van der Waals surface area (Å²) in [7, 11) is 0. The van der Waals surface area contributed by atoms with Crippen molar-refractivity contribution in [3.05, 3.63) is 90.0 Å². The summed E-state index contributed by atoms with van der Waals surface area (Å²) in [6, 6.07) is 25.5. The highest BCUT2D eigenvalue weighted by molar-refractivity contribution is 6.24. The Morgan fingerprint density at radius 1 is 0.828 bits per heavy atom. The molecule has 0 saturated carbocycles. The summed E-state index contributed by atoms with van der Waals surface area (Å²) in [5.41, 5.74) is 8.44. The first-order valence-corrected chi connectivity index (χ1v) is 9.18. The molecule has 7 nitrogen and oxygen atoms in total. The monoisotopic (exact) mass is 380 g/mol. The lowest BCUT2D eigenvalue weighted by Crippen LogP contribution is -2.25. The smallest absolute Gasteiger partial charge is 0.263 e. The van der Waals surface area contributed by atoms with E-state index in [-0.39, 0.29) is 12.5 Å². The van der Waals surface area contributed by atoms with Gasteiger partial charge in [0.15, 0.2) is 0 Å². The summed E-state index contributed by atoms with van der Waals surface area (Å²) < 4.78 is 0. The van der Waals surface area contributed by atoms with Crippen LogP contribution in [-0.4, -0.2) is 31.8 Å². The maximum absolute atomic E-state index is 12.4. The zero-order valence-corrected chi connectivity index (χ0v) is 15.4. The topological polar surface area (TPSA) is 85.1 Å². The van der Waals surface area contributed by atoms with Gasteiger partial charge < -0.3 is 0 Å². The molecule has 3 aromatic carbocycles. The Morgan fingerprint density at radius 3 is 2.07 bits per heavy atom. The minimum atomic E-state index is -0.323. The highest BCUT2D eigenvalue weighted by Crippen LogP contribution is 2.36. The minimum Gasteiger partial charge on any atom is -0.271 e. The van der Waals surface area contributed by atoms with Crippen molar-refractivity contribution in [2.24, 2.45) is 5.10 Å². The number of carbonyl (C=O) groups is 1. The molecule has 0 unspecified atom stereocenters. The van der Waals surface area contributed by atoms with E-state index in [0.29, 0.717) is 5.82 Å². The Balaban J connectivity index is 1.35. The molecule has 0 atom stereocenters. The van der Waals surface area contributed by atoms with Crippen molar-refractivity contribution in [2.75, 3.05) is 0 Å². The van der Waals surface area contributed by atoms with Crippen molar-refractivity contribution in [3.8, 4) is 22.5 Å². The van der Waals surface area contributed by atoms with Crippen molar-refractivity contribution in [1.29, 1.82) is 0 Å². The minimum absolute atomic E-state index is 0.0695. The van der Waals surface area contributed by atoms with Crippen LogP contribution in [0.3, 0.4) is 0 Å². The molecule has 5 rings (SSSR count). The van der Waals surface area contributed by atoms with Crippen LogP contribution in [0.15, 0.2) is 84.0 Å². The fraction of sp³-hybridized carbons (Fsp3) is 0.0455. The van der Waals surface area contributed by atoms with Gasteiger partial charge in [-0.2, -0.15) is 9.90 Å². The van der Waals surface area contributed by atoms with Gasteiger partial charge in [-0.05, 0) is 16.3 Å². The van der Waals surface area contributed by atoms with Gasteiger partial charge in [0.1, 0.15) is 6.54 Å². The van der Waals surface area contributed by atoms with Crippen molar-refractivity contribution in [3.63, 3.8) is 0 Å². The lowest BCUT2D eigenvalue weighted by atomic mass is 10.1. The maximum atomic E-state index is 12.4. The van der Waals surface area contributed by atoms with Crippen LogP contribution in [0.4, 0.5) is 0 Å². The highest BCUT2D eigenvalue weighted by Gasteiger charge is 2.24. The third kappa shape index (κ3) is 3.19. The second-order valence-electron chi connectivity index (χ2n) is 6.60. The number of nitrogens with zero attached hydrogens (tertiary/aromatic N) is 5. The number of tetrazole rings is 1. The van der Waals surface area contributed by atoms with E-state index in [0.717, 1.165) is 33.5 Å². The van der Waals surface area contributed by atoms with Gasteiger partial charge in [-0.3, -0.25) is 4.79 Å². The van der Waals surface area contributed by atoms with Gasteiger partial charge in [0.2, 0.25) is 5.82 Å². The van der Waals surface area contributed by atoms with E-state index in [2.05, 4.69) is 38.1 Å². The third-order valence-electron chi connectivity index (χ3n) is 4.72. The number of benzene rings is 3. The quantitative estimate of drug-likeness (QED) is 0.486. The molecule has 1 heterocycles. The molecule has 1 amide bonds. The van der Waals surface area contributed by atoms with Crippen LogP contribution in [0.5, 0.6) is 0 Å². The van der Waals surface area contributed by atoms with Gasteiger partial charge in [0.05, 0.1) is 5.71 Å². The molecule has 0 aliphatic heterocycles. The number of hydrazone groups is 1. The lowest BCUT2D eigenvalue weighted by molar-refractivity contribution is -0.122. The molecule has 1 aliphatic rings. The Bertz CT molecular complexity index is 1180. The summed E-state index contributed by atoms with van der Waals surface area (Å²) in [6.07, 6.45) is 0. The van der Waals surface area contributed by atoms with E-state index in [9.17, 15) is 4.79 Å². The summed E-state index contributed by atoms with van der Waals surface area (Å²) in [6.45, 7) is -0.0695. The maximum Gasteiger partial charge on any atom is 0.263 e. The average molecular weight is 380 g/mol. The molecule has 0 radical (unpaired) electrons. The van der Waals surface area contributed by atoms with Crippen molar-refractivity contribution >= 4 is 11.6 Å². The van der Waals surface area contributed by atoms with Gasteiger partial charge in [-0.15, -0.1) is 10.2 Å². The van der Waals surface area contributed by atoms with Gasteiger partial charge >= 0.3 is 0 Å². The van der Waals surface area contributed by atoms with E-state index in [1.807, 2.05) is 66.7 Å². The number of fused-ring (bicyclic) bond motifs is 3. The number of carbonyl (C=O) groups excluding carboxylic acids is 1. The molecule has 0 bridgehead atoms. The third-order valence-corrected chi connectivity index (χ3v) is 4.72. The van der Waals surface area contributed by atoms with Gasteiger partial charge in [0.25, 0.3) is 5.91 Å². The Labute approximate surface area is 166 Å². The zero-order valence-electron chi connectivity index (χ0n) is 15.4. The van der Waals surface area contributed by atoms with Gasteiger partial charge in [0, 0.05) is 16.7 Å². The second-order valence-corrected chi connectivity index (χ2v) is 6.60. The van der Waals surface area contributed by atoms with Crippen molar-refractivity contribution in [2.45, 2.75) is 6.54 Å². The molecule has 1 aromatic heterocycles. The molecule has 0 fully saturated rings. The second kappa shape index (κ2) is 7.12. The lowest BCUT2D eigenvalue weighted by Gasteiger charge is -2.03. The summed E-state index contributed by atoms with van der Waals surface area (Å²) in [5.74, 6) is 0.153. The molecule has 0 spiro atoms. The van der Waals surface area contributed by atoms with Crippen LogP contribution >= 0.6 is 0 Å². The van der Waals surface area contributed by atoms with Gasteiger partial charge in [-0.25, -0.2) is 5.43 Å². The molecule has 1 N–H and O–H groups in total. The van der Waals surface area contributed by atoms with E-state index < -0.39 is 0 Å². The van der Waals surface area contributed by atoms with Crippen molar-refractivity contribution in [1.82, 2.24) is 25.6 Å². The number of aromatic nitrogens is 4. The van der Waals surface area contributed by atoms with Crippen LogP contribution in [0, 0.1) is 0 Å². The Hall–Kier alpha value is -4.13. The zero-order chi connectivity index (χ0) is 19.6. The molecule has 1 aliphatic carbocycles. The largest absolute Gasteiger partial charge is 0.271 e. The van der Waals surface area contributed by atoms with Crippen LogP contribution in [0.1, 0.15) is 11.1 Å². The number of hydrogen-bond donors (Lipinski definition) is 1. The number of hydrogen-bond acceptors (Lipinski definition) is 5. The Kier molecular flexibility index (Phi) is 4.18. The standard InChI is InChI=1S/C22H16N6O/c29-20(14-28-26-22(25-27-28)15-8-2-1-3-9-15)23-24-21-18-12-6-4-10-16(18)17-11-5-7-13-19(17)21/h1-13H,14H2,(H,23,29). The molecule has 7 heteroatoms. The average Bonchev–Trinajstić information content (AvgIpc) is 3.36. The fourth-order valence-electron chi connectivity index (χ4n) is 3.41. The molecule has 0 saturated heterocycles. The van der Waals surface area contributed by atoms with Crippen LogP contribution in [0.25, 0.3) is 22.5 Å². The molecule has 29 heavy (non-hydrogen) atoms. The highest BCUT2D eigenvalue weighted by atomic mass is 16.2. The molecule has 140 valence electrons. The van der Waals surface area contributed by atoms with Gasteiger partial charge in [-0.1, -0.05) is 78.9 Å². The first-order valence-electron chi connectivity index (χ1n) is 9.18. The first kappa shape index (κ1) is 17.0. The fourth-order valence-corrected chi connectivity index (χ4v) is 3.41. The summed E-state index contributed by atoms with van der Waals surface area (Å²) in [5, 5.41) is 16.6. The number of rotatable bonds is 4. The van der Waals surface area contributed by atoms with Crippen LogP contribution in [0.2, 0.25) is 0 Å². The normalized spacial score (nSPS) is 11.7. The summed E-state index contributed by atoms with van der Waals surface area (Å²) in [4.78, 5) is 13.7. The van der Waals surface area contributed by atoms with E-state index >= 15 is 0 Å². The molecular formula is C22H16N6O. The van der Waals surface area contributed by atoms with E-state index in [1.165, 1.54) is 4.80 Å². The predicted molar refractivity (Wildman–Crippen MR) is 109 cm³/mol. The van der Waals surface area contributed by atoms with Crippen LogP contribution in [-0.2, 0) is 11.3 Å². The summed E-state index contributed by atoms with van der Waals surface area (Å²) >= 11 is 0. The number of nitrogens with one attached hydrogen (secondary N) is 1. The first-order chi connectivity index (χ1) is 14.3. The molecule has 4 aromatic rings. The van der Waals surface area contributed by atoms with E-state index in [4.69, 9.17) is 0 Å². The SMILES string of the molecule is O=C(Cn1nnc(-c2ccccc2)n1)NN=C1c2ccccc2-c2ccccc21. The van der Waals surface area contributed by atoms with Crippen LogP contribution < -0.4 is 5.43 Å². The van der Waals surface area contributed by atoms with E-state index in [1.54, 1.807) is 0 Å². The number of amides is 1. The van der Waals surface area contributed by atoms with Crippen molar-refractivity contribution < 1.29 is 4.79 Å². The Morgan fingerprint density at radius 2 is 1.41 bits per heavy atom. The molecular weight excluding hydrogens is 364 g/mol.